The summed E-state index contributed by atoms with van der Waals surface area (Å²) in [5.41, 5.74) is 0. The highest BCUT2D eigenvalue weighted by Gasteiger charge is 2.10. The maximum atomic E-state index is 11.3. The summed E-state index contributed by atoms with van der Waals surface area (Å²) in [6, 6.07) is 0.235. The summed E-state index contributed by atoms with van der Waals surface area (Å²) in [6.45, 7) is 9.01. The van der Waals surface area contributed by atoms with Crippen LogP contribution >= 0.6 is 0 Å². The van der Waals surface area contributed by atoms with Crippen molar-refractivity contribution in [3.05, 3.63) is 0 Å². The van der Waals surface area contributed by atoms with Crippen molar-refractivity contribution in [2.45, 2.75) is 39.2 Å². The highest BCUT2D eigenvalue weighted by molar-refractivity contribution is 5.78. The number of nitrogens with one attached hydrogen (secondary N) is 2. The summed E-state index contributed by atoms with van der Waals surface area (Å²) in [7, 11) is 0. The Morgan fingerprint density at radius 2 is 2.00 bits per heavy atom. The molecule has 2 N–H and O–H groups in total. The summed E-state index contributed by atoms with van der Waals surface area (Å²) < 4.78 is 0. The van der Waals surface area contributed by atoms with Crippen molar-refractivity contribution < 1.29 is 4.79 Å². The lowest BCUT2D eigenvalue weighted by molar-refractivity contribution is -0.120. The molecule has 0 aromatic rings. The molecule has 1 aliphatic rings. The van der Waals surface area contributed by atoms with Gasteiger partial charge in [-0.25, -0.2) is 0 Å². The van der Waals surface area contributed by atoms with Gasteiger partial charge in [0.05, 0.1) is 6.54 Å². The first-order valence-corrected chi connectivity index (χ1v) is 6.41. The maximum Gasteiger partial charge on any atom is 0.234 e. The second-order valence-corrected chi connectivity index (χ2v) is 4.80. The van der Waals surface area contributed by atoms with Gasteiger partial charge in [0, 0.05) is 6.04 Å². The highest BCUT2D eigenvalue weighted by Crippen LogP contribution is 2.06. The third-order valence-corrected chi connectivity index (χ3v) is 2.76. The molecule has 1 amide bonds. The van der Waals surface area contributed by atoms with Crippen LogP contribution in [0.1, 0.15) is 33.1 Å². The number of likely N-dealkylation sites (tertiary alicyclic amines) is 1. The van der Waals surface area contributed by atoms with E-state index in [1.54, 1.807) is 0 Å². The number of hydrogen-bond donors (Lipinski definition) is 2. The van der Waals surface area contributed by atoms with Gasteiger partial charge in [-0.05, 0) is 59.3 Å². The number of carbonyl (C=O) groups excluding carboxylic acids is 1. The summed E-state index contributed by atoms with van der Waals surface area (Å²) >= 11 is 0. The largest absolute Gasteiger partial charge is 0.353 e. The molecule has 0 saturated carbocycles. The molecule has 0 aromatic heterocycles. The zero-order valence-electron chi connectivity index (χ0n) is 10.6. The summed E-state index contributed by atoms with van der Waals surface area (Å²) in [6.07, 6.45) is 3.84. The van der Waals surface area contributed by atoms with E-state index in [0.717, 1.165) is 13.0 Å². The average Bonchev–Trinajstić information content (AvgIpc) is 2.68. The number of nitrogens with zero attached hydrogens (tertiary/aromatic N) is 1. The first-order valence-electron chi connectivity index (χ1n) is 6.41. The van der Waals surface area contributed by atoms with E-state index in [4.69, 9.17) is 0 Å². The molecule has 0 atom stereocenters. The fourth-order valence-electron chi connectivity index (χ4n) is 2.01. The number of rotatable bonds is 7. The molecule has 4 heteroatoms. The second kappa shape index (κ2) is 7.63. The van der Waals surface area contributed by atoms with Gasteiger partial charge in [-0.1, -0.05) is 0 Å². The van der Waals surface area contributed by atoms with E-state index in [-0.39, 0.29) is 11.9 Å². The van der Waals surface area contributed by atoms with Gasteiger partial charge in [-0.15, -0.1) is 0 Å². The van der Waals surface area contributed by atoms with Gasteiger partial charge >= 0.3 is 0 Å². The van der Waals surface area contributed by atoms with Crippen LogP contribution < -0.4 is 10.6 Å². The Kier molecular flexibility index (Phi) is 6.42. The van der Waals surface area contributed by atoms with Crippen molar-refractivity contribution in [2.24, 2.45) is 0 Å². The van der Waals surface area contributed by atoms with Crippen molar-refractivity contribution in [3.63, 3.8) is 0 Å². The van der Waals surface area contributed by atoms with Crippen LogP contribution in [-0.4, -0.2) is 49.6 Å². The minimum atomic E-state index is 0.0937. The van der Waals surface area contributed by atoms with Gasteiger partial charge in [0.1, 0.15) is 0 Å². The topological polar surface area (TPSA) is 44.4 Å². The minimum absolute atomic E-state index is 0.0937. The SMILES string of the molecule is CC(C)NC(=O)CNCCCN1CCCC1. The molecule has 0 spiro atoms. The third kappa shape index (κ3) is 6.08. The van der Waals surface area contributed by atoms with E-state index >= 15 is 0 Å². The molecule has 1 heterocycles. The van der Waals surface area contributed by atoms with E-state index in [1.165, 1.54) is 32.5 Å². The van der Waals surface area contributed by atoms with Crippen molar-refractivity contribution >= 4 is 5.91 Å². The van der Waals surface area contributed by atoms with Crippen LogP contribution in [0.3, 0.4) is 0 Å². The lowest BCUT2D eigenvalue weighted by Crippen LogP contribution is -2.38. The van der Waals surface area contributed by atoms with E-state index < -0.39 is 0 Å². The molecule has 1 saturated heterocycles. The molecule has 16 heavy (non-hydrogen) atoms. The Hall–Kier alpha value is -0.610. The second-order valence-electron chi connectivity index (χ2n) is 4.80. The monoisotopic (exact) mass is 227 g/mol. The fourth-order valence-corrected chi connectivity index (χ4v) is 2.01. The molecular weight excluding hydrogens is 202 g/mol. The Bertz CT molecular complexity index is 200. The Balaban J connectivity index is 1.89. The molecule has 0 aliphatic carbocycles. The third-order valence-electron chi connectivity index (χ3n) is 2.76. The zero-order chi connectivity index (χ0) is 11.8. The van der Waals surface area contributed by atoms with Gasteiger partial charge in [0.2, 0.25) is 5.91 Å². The number of amides is 1. The lowest BCUT2D eigenvalue weighted by Gasteiger charge is -2.14. The first-order chi connectivity index (χ1) is 7.68. The van der Waals surface area contributed by atoms with Crippen LogP contribution in [0.2, 0.25) is 0 Å². The lowest BCUT2D eigenvalue weighted by atomic mass is 10.3. The van der Waals surface area contributed by atoms with E-state index in [0.29, 0.717) is 6.54 Å². The molecular formula is C12H25N3O. The van der Waals surface area contributed by atoms with Crippen LogP contribution in [0.5, 0.6) is 0 Å². The van der Waals surface area contributed by atoms with Crippen molar-refractivity contribution in [1.82, 2.24) is 15.5 Å². The zero-order valence-corrected chi connectivity index (χ0v) is 10.6. The Morgan fingerprint density at radius 3 is 2.62 bits per heavy atom. The summed E-state index contributed by atoms with van der Waals surface area (Å²) in [4.78, 5) is 13.8. The number of hydrogen-bond acceptors (Lipinski definition) is 3. The quantitative estimate of drug-likeness (QED) is 0.626. The molecule has 0 radical (unpaired) electrons. The molecule has 0 unspecified atom stereocenters. The van der Waals surface area contributed by atoms with Crippen LogP contribution in [0.4, 0.5) is 0 Å². The van der Waals surface area contributed by atoms with Crippen LogP contribution in [0, 0.1) is 0 Å². The molecule has 0 bridgehead atoms. The smallest absolute Gasteiger partial charge is 0.234 e. The Labute approximate surface area is 98.8 Å². The number of carbonyl (C=O) groups is 1. The maximum absolute atomic E-state index is 11.3. The van der Waals surface area contributed by atoms with E-state index in [1.807, 2.05) is 13.8 Å². The van der Waals surface area contributed by atoms with Gasteiger partial charge in [0.25, 0.3) is 0 Å². The molecule has 1 fully saturated rings. The van der Waals surface area contributed by atoms with Gasteiger partial charge in [0.15, 0.2) is 0 Å². The highest BCUT2D eigenvalue weighted by atomic mass is 16.1. The van der Waals surface area contributed by atoms with Crippen LogP contribution in [0.25, 0.3) is 0 Å². The molecule has 1 rings (SSSR count). The average molecular weight is 227 g/mol. The predicted molar refractivity (Wildman–Crippen MR) is 66.4 cm³/mol. The van der Waals surface area contributed by atoms with Crippen LogP contribution in [0.15, 0.2) is 0 Å². The normalized spacial score (nSPS) is 16.9. The van der Waals surface area contributed by atoms with Crippen molar-refractivity contribution in [3.8, 4) is 0 Å². The van der Waals surface area contributed by atoms with Crippen molar-refractivity contribution in [1.29, 1.82) is 0 Å². The molecule has 0 aromatic carbocycles. The summed E-state index contributed by atoms with van der Waals surface area (Å²) in [5, 5.41) is 6.04. The predicted octanol–water partition coefficient (Wildman–Crippen LogP) is 0.587. The van der Waals surface area contributed by atoms with Crippen LogP contribution in [-0.2, 0) is 4.79 Å². The first kappa shape index (κ1) is 13.5. The van der Waals surface area contributed by atoms with Gasteiger partial charge < -0.3 is 15.5 Å². The molecule has 94 valence electrons. The van der Waals surface area contributed by atoms with Crippen molar-refractivity contribution in [2.75, 3.05) is 32.7 Å². The Morgan fingerprint density at radius 1 is 1.31 bits per heavy atom. The van der Waals surface area contributed by atoms with E-state index in [2.05, 4.69) is 15.5 Å². The fraction of sp³-hybridized carbons (Fsp3) is 0.917. The van der Waals surface area contributed by atoms with Gasteiger partial charge in [-0.3, -0.25) is 4.79 Å². The minimum Gasteiger partial charge on any atom is -0.353 e. The van der Waals surface area contributed by atoms with Gasteiger partial charge in [-0.2, -0.15) is 0 Å². The standard InChI is InChI=1S/C12H25N3O/c1-11(2)14-12(16)10-13-6-5-9-15-7-3-4-8-15/h11,13H,3-10H2,1-2H3,(H,14,16). The molecule has 1 aliphatic heterocycles. The molecule has 4 nitrogen and oxygen atoms in total. The summed E-state index contributed by atoms with van der Waals surface area (Å²) in [5.74, 6) is 0.0937. The van der Waals surface area contributed by atoms with E-state index in [9.17, 15) is 4.79 Å².